The molecule has 0 saturated heterocycles. The maximum absolute atomic E-state index is 12.0. The first kappa shape index (κ1) is 14.8. The quantitative estimate of drug-likeness (QED) is 0.920. The van der Waals surface area contributed by atoms with E-state index in [1.807, 2.05) is 27.8 Å². The second-order valence-corrected chi connectivity index (χ2v) is 5.59. The van der Waals surface area contributed by atoms with Crippen molar-refractivity contribution in [1.29, 1.82) is 0 Å². The van der Waals surface area contributed by atoms with Gasteiger partial charge >= 0.3 is 0 Å². The molecule has 7 heteroatoms. The minimum atomic E-state index is -0.0636. The number of aromatic nitrogens is 4. The van der Waals surface area contributed by atoms with E-state index in [1.165, 1.54) is 0 Å². The molecule has 108 valence electrons. The molecule has 0 atom stereocenters. The molecule has 0 unspecified atom stereocenters. The van der Waals surface area contributed by atoms with Gasteiger partial charge in [0.25, 0.3) is 0 Å². The highest BCUT2D eigenvalue weighted by Crippen LogP contribution is 2.19. The third-order valence-corrected chi connectivity index (χ3v) is 4.55. The normalized spacial score (nSPS) is 10.8. The number of hydrogen-bond acceptors (Lipinski definition) is 3. The SMILES string of the molecule is Cc1nn(CC(=O)NCc2cnn(C)c2C)c(C)c1Br. The van der Waals surface area contributed by atoms with E-state index in [9.17, 15) is 4.79 Å². The number of halogens is 1. The van der Waals surface area contributed by atoms with Crippen LogP contribution in [-0.4, -0.2) is 25.5 Å². The van der Waals surface area contributed by atoms with Crippen LogP contribution in [0.5, 0.6) is 0 Å². The van der Waals surface area contributed by atoms with E-state index < -0.39 is 0 Å². The molecule has 0 aliphatic rings. The number of amides is 1. The zero-order chi connectivity index (χ0) is 14.9. The molecule has 0 aliphatic carbocycles. The minimum Gasteiger partial charge on any atom is -0.350 e. The molecule has 1 N–H and O–H groups in total. The van der Waals surface area contributed by atoms with Crippen LogP contribution in [0.3, 0.4) is 0 Å². The lowest BCUT2D eigenvalue weighted by Crippen LogP contribution is -2.28. The fourth-order valence-electron chi connectivity index (χ4n) is 1.93. The first-order valence-electron chi connectivity index (χ1n) is 6.33. The van der Waals surface area contributed by atoms with Crippen LogP contribution in [-0.2, 0) is 24.9 Å². The van der Waals surface area contributed by atoms with E-state index in [0.717, 1.165) is 27.1 Å². The number of rotatable bonds is 4. The van der Waals surface area contributed by atoms with Gasteiger partial charge in [-0.15, -0.1) is 0 Å². The Morgan fingerprint density at radius 1 is 1.35 bits per heavy atom. The molecule has 20 heavy (non-hydrogen) atoms. The average molecular weight is 340 g/mol. The van der Waals surface area contributed by atoms with Crippen LogP contribution in [0.25, 0.3) is 0 Å². The van der Waals surface area contributed by atoms with Crippen molar-refractivity contribution >= 4 is 21.8 Å². The summed E-state index contributed by atoms with van der Waals surface area (Å²) in [6, 6.07) is 0. The van der Waals surface area contributed by atoms with Gasteiger partial charge in [-0.2, -0.15) is 10.2 Å². The number of carbonyl (C=O) groups is 1. The van der Waals surface area contributed by atoms with Gasteiger partial charge in [-0.1, -0.05) is 0 Å². The van der Waals surface area contributed by atoms with Crippen LogP contribution in [0, 0.1) is 20.8 Å². The molecule has 2 rings (SSSR count). The van der Waals surface area contributed by atoms with Gasteiger partial charge in [-0.05, 0) is 36.7 Å². The summed E-state index contributed by atoms with van der Waals surface area (Å²) in [5.74, 6) is -0.0636. The summed E-state index contributed by atoms with van der Waals surface area (Å²) in [5, 5.41) is 11.4. The molecule has 1 amide bonds. The van der Waals surface area contributed by atoms with Crippen molar-refractivity contribution in [1.82, 2.24) is 24.9 Å². The third kappa shape index (κ3) is 2.92. The first-order valence-corrected chi connectivity index (χ1v) is 7.13. The van der Waals surface area contributed by atoms with Crippen LogP contribution < -0.4 is 5.32 Å². The lowest BCUT2D eigenvalue weighted by molar-refractivity contribution is -0.122. The molecule has 0 aromatic carbocycles. The second-order valence-electron chi connectivity index (χ2n) is 4.80. The van der Waals surface area contributed by atoms with Crippen molar-refractivity contribution in [3.63, 3.8) is 0 Å². The summed E-state index contributed by atoms with van der Waals surface area (Å²) < 4.78 is 4.44. The molecule has 6 nitrogen and oxygen atoms in total. The lowest BCUT2D eigenvalue weighted by atomic mass is 10.2. The predicted molar refractivity (Wildman–Crippen MR) is 79.2 cm³/mol. The fourth-order valence-corrected chi connectivity index (χ4v) is 2.22. The zero-order valence-corrected chi connectivity index (χ0v) is 13.7. The summed E-state index contributed by atoms with van der Waals surface area (Å²) in [4.78, 5) is 12.0. The molecule has 0 aliphatic heterocycles. The Balaban J connectivity index is 1.96. The van der Waals surface area contributed by atoms with Gasteiger partial charge in [0.2, 0.25) is 5.91 Å². The fraction of sp³-hybridized carbons (Fsp3) is 0.462. The second kappa shape index (κ2) is 5.78. The first-order chi connectivity index (χ1) is 9.40. The van der Waals surface area contributed by atoms with Gasteiger partial charge in [0.1, 0.15) is 6.54 Å². The van der Waals surface area contributed by atoms with Crippen molar-refractivity contribution in [2.75, 3.05) is 0 Å². The van der Waals surface area contributed by atoms with Crippen molar-refractivity contribution in [2.24, 2.45) is 7.05 Å². The zero-order valence-electron chi connectivity index (χ0n) is 12.1. The van der Waals surface area contributed by atoms with Gasteiger partial charge in [-0.3, -0.25) is 14.2 Å². The standard InChI is InChI=1S/C13H18BrN5O/c1-8-13(14)10(3)19(17-8)7-12(20)15-5-11-6-16-18(4)9(11)2/h6H,5,7H2,1-4H3,(H,15,20). The number of carbonyl (C=O) groups excluding carboxylic acids is 1. The van der Waals surface area contributed by atoms with Crippen LogP contribution in [0.15, 0.2) is 10.7 Å². The van der Waals surface area contributed by atoms with Crippen LogP contribution in [0.4, 0.5) is 0 Å². The lowest BCUT2D eigenvalue weighted by Gasteiger charge is -2.06. The van der Waals surface area contributed by atoms with Crippen molar-refractivity contribution in [2.45, 2.75) is 33.9 Å². The van der Waals surface area contributed by atoms with Crippen LogP contribution >= 0.6 is 15.9 Å². The maximum Gasteiger partial charge on any atom is 0.242 e. The summed E-state index contributed by atoms with van der Waals surface area (Å²) in [5.41, 5.74) is 3.92. The van der Waals surface area contributed by atoms with E-state index in [4.69, 9.17) is 0 Å². The summed E-state index contributed by atoms with van der Waals surface area (Å²) >= 11 is 3.45. The smallest absolute Gasteiger partial charge is 0.242 e. The number of nitrogens with zero attached hydrogens (tertiary/aromatic N) is 4. The van der Waals surface area contributed by atoms with Gasteiger partial charge in [-0.25, -0.2) is 0 Å². The largest absolute Gasteiger partial charge is 0.350 e. The highest BCUT2D eigenvalue weighted by atomic mass is 79.9. The molecule has 0 radical (unpaired) electrons. The third-order valence-electron chi connectivity index (χ3n) is 3.40. The Labute approximate surface area is 126 Å². The highest BCUT2D eigenvalue weighted by molar-refractivity contribution is 9.10. The monoisotopic (exact) mass is 339 g/mol. The topological polar surface area (TPSA) is 64.7 Å². The van der Waals surface area contributed by atoms with Gasteiger partial charge < -0.3 is 5.32 Å². The van der Waals surface area contributed by atoms with Gasteiger partial charge in [0, 0.05) is 24.8 Å². The molecule has 0 bridgehead atoms. The molecule has 2 aromatic heterocycles. The summed E-state index contributed by atoms with van der Waals surface area (Å²) in [6.07, 6.45) is 1.77. The molecule has 2 heterocycles. The van der Waals surface area contributed by atoms with Gasteiger partial charge in [0.05, 0.1) is 22.1 Å². The average Bonchev–Trinajstić information content (AvgIpc) is 2.84. The Hall–Kier alpha value is -1.63. The minimum absolute atomic E-state index is 0.0636. The summed E-state index contributed by atoms with van der Waals surface area (Å²) in [6.45, 7) is 6.52. The Morgan fingerprint density at radius 3 is 2.55 bits per heavy atom. The van der Waals surface area contributed by atoms with E-state index in [0.29, 0.717) is 6.54 Å². The molecular formula is C13H18BrN5O. The Bertz CT molecular complexity index is 643. The van der Waals surface area contributed by atoms with E-state index in [1.54, 1.807) is 15.6 Å². The highest BCUT2D eigenvalue weighted by Gasteiger charge is 2.12. The van der Waals surface area contributed by atoms with E-state index in [2.05, 4.69) is 31.4 Å². The molecule has 0 fully saturated rings. The van der Waals surface area contributed by atoms with Crippen LogP contribution in [0.2, 0.25) is 0 Å². The van der Waals surface area contributed by atoms with E-state index in [-0.39, 0.29) is 12.5 Å². The Kier molecular flexibility index (Phi) is 4.27. The molecular weight excluding hydrogens is 322 g/mol. The number of hydrogen-bond donors (Lipinski definition) is 1. The van der Waals surface area contributed by atoms with Gasteiger partial charge in [0.15, 0.2) is 0 Å². The number of nitrogens with one attached hydrogen (secondary N) is 1. The molecule has 0 spiro atoms. The van der Waals surface area contributed by atoms with Crippen molar-refractivity contribution in [3.8, 4) is 0 Å². The van der Waals surface area contributed by atoms with E-state index >= 15 is 0 Å². The predicted octanol–water partition coefficient (Wildman–Crippen LogP) is 1.62. The van der Waals surface area contributed by atoms with Crippen molar-refractivity contribution in [3.05, 3.63) is 33.3 Å². The molecule has 0 saturated carbocycles. The molecule has 2 aromatic rings. The van der Waals surface area contributed by atoms with Crippen molar-refractivity contribution < 1.29 is 4.79 Å². The maximum atomic E-state index is 12.0. The van der Waals surface area contributed by atoms with Crippen LogP contribution in [0.1, 0.15) is 22.6 Å². The number of aryl methyl sites for hydroxylation is 2. The Morgan fingerprint density at radius 2 is 2.05 bits per heavy atom. The summed E-state index contributed by atoms with van der Waals surface area (Å²) in [7, 11) is 1.88.